The van der Waals surface area contributed by atoms with Gasteiger partial charge in [-0.2, -0.15) is 0 Å². The standard InChI is InChI=1S/C13H27NO/c1-10(2)11(9-14)12(15)13(3)7-5-4-6-8-13/h10-12,15H,4-9,14H2,1-3H3. The quantitative estimate of drug-likeness (QED) is 0.754. The maximum absolute atomic E-state index is 10.5. The van der Waals surface area contributed by atoms with E-state index in [1.165, 1.54) is 19.3 Å². The molecular formula is C13H27NO. The molecule has 0 aromatic rings. The van der Waals surface area contributed by atoms with Gasteiger partial charge < -0.3 is 10.8 Å². The lowest BCUT2D eigenvalue weighted by Crippen LogP contribution is -2.44. The van der Waals surface area contributed by atoms with Crippen molar-refractivity contribution in [2.45, 2.75) is 59.0 Å². The molecule has 2 nitrogen and oxygen atoms in total. The minimum atomic E-state index is -0.220. The van der Waals surface area contributed by atoms with Crippen LogP contribution in [0.25, 0.3) is 0 Å². The van der Waals surface area contributed by atoms with Gasteiger partial charge in [-0.1, -0.05) is 40.0 Å². The van der Waals surface area contributed by atoms with Crippen LogP contribution in [0.15, 0.2) is 0 Å². The van der Waals surface area contributed by atoms with Gasteiger partial charge >= 0.3 is 0 Å². The molecule has 0 saturated heterocycles. The lowest BCUT2D eigenvalue weighted by molar-refractivity contribution is -0.0412. The van der Waals surface area contributed by atoms with E-state index in [0.717, 1.165) is 12.8 Å². The Kier molecular flexibility index (Phi) is 4.60. The third-order valence-corrected chi connectivity index (χ3v) is 4.24. The fraction of sp³-hybridized carbons (Fsp3) is 1.00. The highest BCUT2D eigenvalue weighted by molar-refractivity contribution is 4.90. The van der Waals surface area contributed by atoms with Crippen LogP contribution < -0.4 is 5.73 Å². The van der Waals surface area contributed by atoms with E-state index in [4.69, 9.17) is 5.73 Å². The molecular weight excluding hydrogens is 186 g/mol. The molecule has 0 bridgehead atoms. The first kappa shape index (κ1) is 13.0. The minimum Gasteiger partial charge on any atom is -0.392 e. The van der Waals surface area contributed by atoms with Crippen molar-refractivity contribution < 1.29 is 5.11 Å². The van der Waals surface area contributed by atoms with Crippen LogP contribution in [0.2, 0.25) is 0 Å². The van der Waals surface area contributed by atoms with Crippen molar-refractivity contribution in [3.05, 3.63) is 0 Å². The summed E-state index contributed by atoms with van der Waals surface area (Å²) >= 11 is 0. The number of hydrogen-bond acceptors (Lipinski definition) is 2. The van der Waals surface area contributed by atoms with Crippen molar-refractivity contribution in [2.75, 3.05) is 6.54 Å². The molecule has 2 atom stereocenters. The molecule has 1 aliphatic carbocycles. The van der Waals surface area contributed by atoms with Crippen LogP contribution in [0.3, 0.4) is 0 Å². The van der Waals surface area contributed by atoms with Crippen molar-refractivity contribution in [2.24, 2.45) is 23.0 Å². The average molecular weight is 213 g/mol. The topological polar surface area (TPSA) is 46.2 Å². The number of rotatable bonds is 4. The fourth-order valence-corrected chi connectivity index (χ4v) is 2.94. The van der Waals surface area contributed by atoms with Gasteiger partial charge in [0, 0.05) is 0 Å². The average Bonchev–Trinajstić information content (AvgIpc) is 2.19. The first-order chi connectivity index (χ1) is 7.01. The van der Waals surface area contributed by atoms with E-state index in [0.29, 0.717) is 12.5 Å². The van der Waals surface area contributed by atoms with Crippen LogP contribution in [0.5, 0.6) is 0 Å². The summed E-state index contributed by atoms with van der Waals surface area (Å²) in [5.74, 6) is 0.733. The molecule has 0 amide bonds. The number of nitrogens with two attached hydrogens (primary N) is 1. The second kappa shape index (κ2) is 5.31. The van der Waals surface area contributed by atoms with E-state index < -0.39 is 0 Å². The molecule has 0 heterocycles. The second-order valence-electron chi connectivity index (χ2n) is 5.80. The monoisotopic (exact) mass is 213 g/mol. The first-order valence-electron chi connectivity index (χ1n) is 6.39. The Bertz CT molecular complexity index is 185. The molecule has 0 aromatic carbocycles. The Morgan fingerprint density at radius 3 is 2.13 bits per heavy atom. The molecule has 90 valence electrons. The maximum Gasteiger partial charge on any atom is 0.0636 e. The van der Waals surface area contributed by atoms with E-state index in [1.54, 1.807) is 0 Å². The van der Waals surface area contributed by atoms with Crippen molar-refractivity contribution in [1.82, 2.24) is 0 Å². The predicted octanol–water partition coefficient (Wildman–Crippen LogP) is 2.55. The van der Waals surface area contributed by atoms with Crippen LogP contribution in [0.4, 0.5) is 0 Å². The summed E-state index contributed by atoms with van der Waals surface area (Å²) in [5, 5.41) is 10.5. The molecule has 1 fully saturated rings. The van der Waals surface area contributed by atoms with Gasteiger partial charge in [0.2, 0.25) is 0 Å². The molecule has 1 rings (SSSR count). The smallest absolute Gasteiger partial charge is 0.0636 e. The van der Waals surface area contributed by atoms with Gasteiger partial charge in [-0.3, -0.25) is 0 Å². The van der Waals surface area contributed by atoms with E-state index in [9.17, 15) is 5.11 Å². The number of aliphatic hydroxyl groups is 1. The Morgan fingerprint density at radius 1 is 1.20 bits per heavy atom. The van der Waals surface area contributed by atoms with Gasteiger partial charge in [-0.05, 0) is 36.6 Å². The van der Waals surface area contributed by atoms with Gasteiger partial charge in [0.1, 0.15) is 0 Å². The Labute approximate surface area is 94.2 Å². The zero-order chi connectivity index (χ0) is 11.5. The molecule has 0 aliphatic heterocycles. The molecule has 1 saturated carbocycles. The van der Waals surface area contributed by atoms with Gasteiger partial charge in [-0.15, -0.1) is 0 Å². The third kappa shape index (κ3) is 2.94. The van der Waals surface area contributed by atoms with Crippen LogP contribution in [-0.4, -0.2) is 17.8 Å². The molecule has 0 radical (unpaired) electrons. The van der Waals surface area contributed by atoms with Crippen molar-refractivity contribution in [1.29, 1.82) is 0 Å². The highest BCUT2D eigenvalue weighted by Gasteiger charge is 2.39. The summed E-state index contributed by atoms with van der Waals surface area (Å²) < 4.78 is 0. The van der Waals surface area contributed by atoms with E-state index >= 15 is 0 Å². The maximum atomic E-state index is 10.5. The van der Waals surface area contributed by atoms with E-state index in [-0.39, 0.29) is 17.4 Å². The summed E-state index contributed by atoms with van der Waals surface area (Å²) in [6.07, 6.45) is 5.97. The Morgan fingerprint density at radius 2 is 1.73 bits per heavy atom. The van der Waals surface area contributed by atoms with Crippen LogP contribution in [0.1, 0.15) is 52.9 Å². The summed E-state index contributed by atoms with van der Waals surface area (Å²) in [6, 6.07) is 0. The fourth-order valence-electron chi connectivity index (χ4n) is 2.94. The largest absolute Gasteiger partial charge is 0.392 e. The number of aliphatic hydroxyl groups excluding tert-OH is 1. The highest BCUT2D eigenvalue weighted by Crippen LogP contribution is 2.42. The lowest BCUT2D eigenvalue weighted by Gasteiger charge is -2.42. The van der Waals surface area contributed by atoms with Gasteiger partial charge in [-0.25, -0.2) is 0 Å². The van der Waals surface area contributed by atoms with Crippen LogP contribution >= 0.6 is 0 Å². The summed E-state index contributed by atoms with van der Waals surface area (Å²) in [7, 11) is 0. The summed E-state index contributed by atoms with van der Waals surface area (Å²) in [4.78, 5) is 0. The van der Waals surface area contributed by atoms with E-state index in [1.807, 2.05) is 0 Å². The van der Waals surface area contributed by atoms with Crippen LogP contribution in [0, 0.1) is 17.3 Å². The molecule has 15 heavy (non-hydrogen) atoms. The predicted molar refractivity (Wildman–Crippen MR) is 64.6 cm³/mol. The molecule has 3 N–H and O–H groups in total. The zero-order valence-electron chi connectivity index (χ0n) is 10.5. The molecule has 2 unspecified atom stereocenters. The molecule has 0 aromatic heterocycles. The van der Waals surface area contributed by atoms with Crippen molar-refractivity contribution >= 4 is 0 Å². The van der Waals surface area contributed by atoms with Gasteiger partial charge in [0.25, 0.3) is 0 Å². The Balaban J connectivity index is 2.66. The summed E-state index contributed by atoms with van der Waals surface area (Å²) in [6.45, 7) is 7.16. The van der Waals surface area contributed by atoms with Crippen molar-refractivity contribution in [3.8, 4) is 0 Å². The number of hydrogen-bond donors (Lipinski definition) is 2. The Hall–Kier alpha value is -0.0800. The molecule has 0 spiro atoms. The first-order valence-corrected chi connectivity index (χ1v) is 6.39. The van der Waals surface area contributed by atoms with E-state index in [2.05, 4.69) is 20.8 Å². The normalized spacial score (nSPS) is 25.2. The summed E-state index contributed by atoms with van der Waals surface area (Å²) in [5.41, 5.74) is 5.90. The second-order valence-corrected chi connectivity index (χ2v) is 5.80. The highest BCUT2D eigenvalue weighted by atomic mass is 16.3. The SMILES string of the molecule is CC(C)C(CN)C(O)C1(C)CCCCC1. The van der Waals surface area contributed by atoms with Gasteiger partial charge in [0.05, 0.1) is 6.10 Å². The van der Waals surface area contributed by atoms with Gasteiger partial charge in [0.15, 0.2) is 0 Å². The minimum absolute atomic E-state index is 0.118. The third-order valence-electron chi connectivity index (χ3n) is 4.24. The van der Waals surface area contributed by atoms with Crippen LogP contribution in [-0.2, 0) is 0 Å². The zero-order valence-corrected chi connectivity index (χ0v) is 10.5. The van der Waals surface area contributed by atoms with Crippen molar-refractivity contribution in [3.63, 3.8) is 0 Å². The molecule has 1 aliphatic rings. The molecule has 2 heteroatoms. The lowest BCUT2D eigenvalue weighted by atomic mass is 9.66.